The van der Waals surface area contributed by atoms with Crippen molar-refractivity contribution in [3.8, 4) is 9.75 Å². The van der Waals surface area contributed by atoms with Gasteiger partial charge < -0.3 is 4.74 Å². The summed E-state index contributed by atoms with van der Waals surface area (Å²) in [5.74, 6) is -0.280. The normalized spacial score (nSPS) is 10.4. The molecule has 2 nitrogen and oxygen atoms in total. The Morgan fingerprint density at radius 2 is 1.91 bits per heavy atom. The highest BCUT2D eigenvalue weighted by molar-refractivity contribution is 7.20. The van der Waals surface area contributed by atoms with Crippen LogP contribution in [0.3, 0.4) is 0 Å². The molecule has 0 unspecified atom stereocenters. The van der Waals surface area contributed by atoms with Crippen LogP contribution in [0.1, 0.15) is 21.5 Å². The quantitative estimate of drug-likeness (QED) is 0.581. The third kappa shape index (κ3) is 3.18. The first-order chi connectivity index (χ1) is 10.8. The van der Waals surface area contributed by atoms with E-state index in [2.05, 4.69) is 6.58 Å². The summed E-state index contributed by atoms with van der Waals surface area (Å²) < 4.78 is 5.43. The van der Waals surface area contributed by atoms with Crippen molar-refractivity contribution in [3.63, 3.8) is 0 Å². The van der Waals surface area contributed by atoms with Crippen molar-refractivity contribution in [2.45, 2.75) is 6.61 Å². The Balaban J connectivity index is 1.70. The molecule has 0 atom stereocenters. The second-order valence-corrected chi connectivity index (χ2v) is 6.53. The first-order valence-corrected chi connectivity index (χ1v) is 8.54. The highest BCUT2D eigenvalue weighted by Crippen LogP contribution is 2.33. The van der Waals surface area contributed by atoms with Gasteiger partial charge >= 0.3 is 5.97 Å². The number of carbonyl (C=O) groups excluding carboxylic acids is 1. The molecule has 2 aromatic heterocycles. The third-order valence-electron chi connectivity index (χ3n) is 3.22. The minimum absolute atomic E-state index is 0.274. The zero-order chi connectivity index (χ0) is 15.4. The first-order valence-electron chi connectivity index (χ1n) is 6.78. The molecule has 3 rings (SSSR count). The van der Waals surface area contributed by atoms with Crippen LogP contribution in [-0.2, 0) is 11.3 Å². The molecule has 110 valence electrons. The van der Waals surface area contributed by atoms with Crippen LogP contribution in [0.5, 0.6) is 0 Å². The van der Waals surface area contributed by atoms with E-state index in [-0.39, 0.29) is 12.6 Å². The van der Waals surface area contributed by atoms with E-state index in [9.17, 15) is 4.79 Å². The highest BCUT2D eigenvalue weighted by Gasteiger charge is 2.16. The van der Waals surface area contributed by atoms with Gasteiger partial charge in [0.25, 0.3) is 0 Å². The Morgan fingerprint density at radius 1 is 1.09 bits per heavy atom. The molecular formula is C18H14O2S2. The zero-order valence-corrected chi connectivity index (χ0v) is 13.5. The zero-order valence-electron chi connectivity index (χ0n) is 11.8. The number of hydrogen-bond donors (Lipinski definition) is 0. The lowest BCUT2D eigenvalue weighted by molar-refractivity contribution is 0.0474. The molecule has 2 heterocycles. The molecule has 0 saturated heterocycles. The molecular weight excluding hydrogens is 312 g/mol. The number of hydrogen-bond acceptors (Lipinski definition) is 4. The van der Waals surface area contributed by atoms with E-state index in [0.717, 1.165) is 20.9 Å². The van der Waals surface area contributed by atoms with E-state index in [0.29, 0.717) is 5.56 Å². The molecule has 0 radical (unpaired) electrons. The molecule has 0 bridgehead atoms. The Kier molecular flexibility index (Phi) is 4.51. The molecule has 3 aromatic rings. The maximum Gasteiger partial charge on any atom is 0.339 e. The van der Waals surface area contributed by atoms with Crippen LogP contribution in [0.2, 0.25) is 0 Å². The second kappa shape index (κ2) is 6.73. The van der Waals surface area contributed by atoms with Gasteiger partial charge in [-0.05, 0) is 34.0 Å². The van der Waals surface area contributed by atoms with E-state index in [4.69, 9.17) is 4.74 Å². The van der Waals surface area contributed by atoms with Crippen molar-refractivity contribution in [1.82, 2.24) is 0 Å². The van der Waals surface area contributed by atoms with E-state index >= 15 is 0 Å². The van der Waals surface area contributed by atoms with Gasteiger partial charge in [0.1, 0.15) is 6.61 Å². The summed E-state index contributed by atoms with van der Waals surface area (Å²) in [6.07, 6.45) is 1.79. The van der Waals surface area contributed by atoms with Crippen LogP contribution in [0.25, 0.3) is 15.8 Å². The smallest absolute Gasteiger partial charge is 0.339 e. The number of rotatable bonds is 5. The fourth-order valence-corrected chi connectivity index (χ4v) is 3.81. The molecule has 0 aliphatic rings. The number of thiophene rings is 2. The van der Waals surface area contributed by atoms with Crippen LogP contribution >= 0.6 is 22.7 Å². The highest BCUT2D eigenvalue weighted by atomic mass is 32.1. The van der Waals surface area contributed by atoms with Crippen molar-refractivity contribution in [1.29, 1.82) is 0 Å². The molecule has 0 saturated carbocycles. The van der Waals surface area contributed by atoms with Gasteiger partial charge in [-0.3, -0.25) is 0 Å². The first kappa shape index (κ1) is 14.8. The molecule has 22 heavy (non-hydrogen) atoms. The molecule has 1 aromatic carbocycles. The fourth-order valence-electron chi connectivity index (χ4n) is 2.05. The lowest BCUT2D eigenvalue weighted by Gasteiger charge is -2.06. The van der Waals surface area contributed by atoms with Crippen LogP contribution in [0.4, 0.5) is 0 Å². The standard InChI is InChI=1S/C18H14O2S2/c1-2-13-5-7-14(8-6-13)12-20-18(19)15-9-11-22-17(15)16-4-3-10-21-16/h2-11H,1,12H2. The summed E-state index contributed by atoms with van der Waals surface area (Å²) >= 11 is 3.18. The Bertz CT molecular complexity index is 768. The van der Waals surface area contributed by atoms with Gasteiger partial charge in [0.15, 0.2) is 0 Å². The Morgan fingerprint density at radius 3 is 2.59 bits per heavy atom. The number of carbonyl (C=O) groups is 1. The minimum atomic E-state index is -0.280. The van der Waals surface area contributed by atoms with Crippen LogP contribution in [-0.4, -0.2) is 5.97 Å². The molecule has 4 heteroatoms. The number of esters is 1. The van der Waals surface area contributed by atoms with Crippen LogP contribution < -0.4 is 0 Å². The summed E-state index contributed by atoms with van der Waals surface area (Å²) in [6, 6.07) is 13.6. The molecule has 0 aliphatic carbocycles. The van der Waals surface area contributed by atoms with Gasteiger partial charge in [-0.15, -0.1) is 22.7 Å². The van der Waals surface area contributed by atoms with Crippen molar-refractivity contribution in [2.75, 3.05) is 0 Å². The summed E-state index contributed by atoms with van der Waals surface area (Å²) in [6.45, 7) is 3.99. The van der Waals surface area contributed by atoms with Crippen molar-refractivity contribution >= 4 is 34.7 Å². The maximum atomic E-state index is 12.3. The van der Waals surface area contributed by atoms with Gasteiger partial charge in [0.2, 0.25) is 0 Å². The van der Waals surface area contributed by atoms with Crippen molar-refractivity contribution in [3.05, 3.63) is 76.5 Å². The summed E-state index contributed by atoms with van der Waals surface area (Å²) in [7, 11) is 0. The van der Waals surface area contributed by atoms with Gasteiger partial charge in [-0.25, -0.2) is 4.79 Å². The molecule has 0 N–H and O–H groups in total. The van der Waals surface area contributed by atoms with Crippen LogP contribution in [0, 0.1) is 0 Å². The lowest BCUT2D eigenvalue weighted by atomic mass is 10.1. The lowest BCUT2D eigenvalue weighted by Crippen LogP contribution is -2.05. The topological polar surface area (TPSA) is 26.3 Å². The Labute approximate surface area is 137 Å². The van der Waals surface area contributed by atoms with Gasteiger partial charge in [0.05, 0.1) is 10.4 Å². The predicted octanol–water partition coefficient (Wildman–Crippen LogP) is 5.48. The van der Waals surface area contributed by atoms with Gasteiger partial charge in [0, 0.05) is 4.88 Å². The van der Waals surface area contributed by atoms with Crippen LogP contribution in [0.15, 0.2) is 59.8 Å². The molecule has 0 spiro atoms. The third-order valence-corrected chi connectivity index (χ3v) is 5.18. The van der Waals surface area contributed by atoms with E-state index < -0.39 is 0 Å². The second-order valence-electron chi connectivity index (χ2n) is 4.66. The molecule has 0 aliphatic heterocycles. The van der Waals surface area contributed by atoms with Gasteiger partial charge in [-0.2, -0.15) is 0 Å². The van der Waals surface area contributed by atoms with E-state index in [1.54, 1.807) is 28.7 Å². The fraction of sp³-hybridized carbons (Fsp3) is 0.0556. The summed E-state index contributed by atoms with van der Waals surface area (Å²) in [5, 5.41) is 3.93. The SMILES string of the molecule is C=Cc1ccc(COC(=O)c2ccsc2-c2cccs2)cc1. The molecule has 0 amide bonds. The monoisotopic (exact) mass is 326 g/mol. The summed E-state index contributed by atoms with van der Waals surface area (Å²) in [4.78, 5) is 14.4. The van der Waals surface area contributed by atoms with Crippen molar-refractivity contribution in [2.24, 2.45) is 0 Å². The minimum Gasteiger partial charge on any atom is -0.457 e. The summed E-state index contributed by atoms with van der Waals surface area (Å²) in [5.41, 5.74) is 2.65. The largest absolute Gasteiger partial charge is 0.457 e. The van der Waals surface area contributed by atoms with Crippen molar-refractivity contribution < 1.29 is 9.53 Å². The molecule has 0 fully saturated rings. The maximum absolute atomic E-state index is 12.3. The predicted molar refractivity (Wildman–Crippen MR) is 93.3 cm³/mol. The average molecular weight is 326 g/mol. The Hall–Kier alpha value is -2.17. The van der Waals surface area contributed by atoms with E-state index in [1.165, 1.54) is 0 Å². The number of ether oxygens (including phenoxy) is 1. The van der Waals surface area contributed by atoms with E-state index in [1.807, 2.05) is 53.2 Å². The number of benzene rings is 1. The average Bonchev–Trinajstić information content (AvgIpc) is 3.23. The van der Waals surface area contributed by atoms with Gasteiger partial charge in [-0.1, -0.05) is 43.0 Å².